The van der Waals surface area contributed by atoms with E-state index in [1.165, 1.54) is 5.56 Å². The second-order valence-electron chi connectivity index (χ2n) is 4.10. The molecule has 0 N–H and O–H groups in total. The van der Waals surface area contributed by atoms with Crippen LogP contribution >= 0.6 is 0 Å². The van der Waals surface area contributed by atoms with Crippen LogP contribution in [0.3, 0.4) is 0 Å². The fourth-order valence-electron chi connectivity index (χ4n) is 1.99. The quantitative estimate of drug-likeness (QED) is 0.664. The molecule has 1 aromatic rings. The normalized spacial score (nSPS) is 25.5. The van der Waals surface area contributed by atoms with Crippen LogP contribution in [0.4, 0.5) is 0 Å². The number of rotatable bonds is 2. The van der Waals surface area contributed by atoms with Gasteiger partial charge >= 0.3 is 0 Å². The van der Waals surface area contributed by atoms with Crippen molar-refractivity contribution in [1.29, 1.82) is 0 Å². The average molecular weight is 200 g/mol. The number of ether oxygens (including phenoxy) is 1. The van der Waals surface area contributed by atoms with Crippen LogP contribution in [0.25, 0.3) is 0 Å². The predicted molar refractivity (Wildman–Crippen MR) is 62.6 cm³/mol. The van der Waals surface area contributed by atoms with E-state index in [0.717, 1.165) is 11.1 Å². The second-order valence-corrected chi connectivity index (χ2v) is 4.10. The highest BCUT2D eigenvalue weighted by Gasteiger charge is 2.30. The standard InChI is InChI=1S/C14H16O/c1-10(2)13-9-15-14(11(13)3)12-7-5-4-6-8-12/h4-8,13-14H,1,3,9H2,2H3. The Bertz CT molecular complexity index is 378. The molecule has 78 valence electrons. The van der Waals surface area contributed by atoms with Crippen molar-refractivity contribution in [2.45, 2.75) is 13.0 Å². The van der Waals surface area contributed by atoms with Crippen LogP contribution in [-0.2, 0) is 4.74 Å². The van der Waals surface area contributed by atoms with Gasteiger partial charge < -0.3 is 4.74 Å². The SMILES string of the molecule is C=C(C)C1COC(c2ccccc2)C1=C. The maximum atomic E-state index is 5.76. The van der Waals surface area contributed by atoms with Gasteiger partial charge in [0.25, 0.3) is 0 Å². The third kappa shape index (κ3) is 1.88. The van der Waals surface area contributed by atoms with Crippen molar-refractivity contribution in [1.82, 2.24) is 0 Å². The van der Waals surface area contributed by atoms with Crippen molar-refractivity contribution in [2.24, 2.45) is 5.92 Å². The van der Waals surface area contributed by atoms with Crippen molar-refractivity contribution < 1.29 is 4.74 Å². The second kappa shape index (κ2) is 4.03. The minimum absolute atomic E-state index is 0.0490. The molecule has 2 rings (SSSR count). The third-order valence-electron chi connectivity index (χ3n) is 2.91. The van der Waals surface area contributed by atoms with E-state index in [9.17, 15) is 0 Å². The monoisotopic (exact) mass is 200 g/mol. The van der Waals surface area contributed by atoms with Gasteiger partial charge in [-0.05, 0) is 18.1 Å². The predicted octanol–water partition coefficient (Wildman–Crippen LogP) is 3.51. The van der Waals surface area contributed by atoms with Crippen molar-refractivity contribution in [3.05, 3.63) is 60.2 Å². The zero-order valence-electron chi connectivity index (χ0n) is 9.07. The summed E-state index contributed by atoms with van der Waals surface area (Å²) in [6.07, 6.45) is 0.0490. The largest absolute Gasteiger partial charge is 0.368 e. The summed E-state index contributed by atoms with van der Waals surface area (Å²) in [6.45, 7) is 10.9. The van der Waals surface area contributed by atoms with Gasteiger partial charge in [-0.3, -0.25) is 0 Å². The number of benzene rings is 1. The van der Waals surface area contributed by atoms with Crippen LogP contribution in [0.5, 0.6) is 0 Å². The Labute approximate surface area is 91.1 Å². The Morgan fingerprint density at radius 3 is 2.53 bits per heavy atom. The summed E-state index contributed by atoms with van der Waals surface area (Å²) in [4.78, 5) is 0. The molecule has 0 aliphatic carbocycles. The summed E-state index contributed by atoms with van der Waals surface area (Å²) < 4.78 is 5.76. The van der Waals surface area contributed by atoms with Gasteiger partial charge in [-0.15, -0.1) is 0 Å². The summed E-state index contributed by atoms with van der Waals surface area (Å²) >= 11 is 0. The van der Waals surface area contributed by atoms with E-state index in [4.69, 9.17) is 4.74 Å². The summed E-state index contributed by atoms with van der Waals surface area (Å²) in [6, 6.07) is 10.2. The Morgan fingerprint density at radius 2 is 2.00 bits per heavy atom. The highest BCUT2D eigenvalue weighted by Crippen LogP contribution is 2.39. The zero-order valence-corrected chi connectivity index (χ0v) is 9.07. The molecule has 0 amide bonds. The molecule has 0 radical (unpaired) electrons. The van der Waals surface area contributed by atoms with Crippen molar-refractivity contribution in [3.8, 4) is 0 Å². The van der Waals surface area contributed by atoms with Crippen molar-refractivity contribution >= 4 is 0 Å². The van der Waals surface area contributed by atoms with Gasteiger partial charge in [0, 0.05) is 5.92 Å². The van der Waals surface area contributed by atoms with Gasteiger partial charge in [0.1, 0.15) is 6.10 Å². The molecule has 0 bridgehead atoms. The molecule has 2 atom stereocenters. The molecule has 1 heteroatoms. The van der Waals surface area contributed by atoms with Crippen LogP contribution < -0.4 is 0 Å². The summed E-state index contributed by atoms with van der Waals surface area (Å²) in [5.41, 5.74) is 3.46. The minimum Gasteiger partial charge on any atom is -0.368 e. The maximum absolute atomic E-state index is 5.76. The molecule has 2 unspecified atom stereocenters. The fraction of sp³-hybridized carbons (Fsp3) is 0.286. The van der Waals surface area contributed by atoms with Gasteiger partial charge in [-0.25, -0.2) is 0 Å². The van der Waals surface area contributed by atoms with Crippen LogP contribution in [0.1, 0.15) is 18.6 Å². The lowest BCUT2D eigenvalue weighted by Crippen LogP contribution is -2.02. The number of hydrogen-bond donors (Lipinski definition) is 0. The summed E-state index contributed by atoms with van der Waals surface area (Å²) in [5, 5.41) is 0. The molecule has 0 aromatic heterocycles. The lowest BCUT2D eigenvalue weighted by atomic mass is 9.91. The van der Waals surface area contributed by atoms with E-state index in [1.807, 2.05) is 25.1 Å². The van der Waals surface area contributed by atoms with Crippen LogP contribution in [0.2, 0.25) is 0 Å². The topological polar surface area (TPSA) is 9.23 Å². The molecule has 1 saturated heterocycles. The third-order valence-corrected chi connectivity index (χ3v) is 2.91. The Morgan fingerprint density at radius 1 is 1.33 bits per heavy atom. The Kier molecular flexibility index (Phi) is 2.74. The molecular weight excluding hydrogens is 184 g/mol. The van der Waals surface area contributed by atoms with Gasteiger partial charge in [0.15, 0.2) is 0 Å². The Hall–Kier alpha value is -1.34. The van der Waals surface area contributed by atoms with Crippen LogP contribution in [0.15, 0.2) is 54.6 Å². The first-order valence-electron chi connectivity index (χ1n) is 5.21. The van der Waals surface area contributed by atoms with E-state index in [2.05, 4.69) is 25.3 Å². The van der Waals surface area contributed by atoms with Gasteiger partial charge in [0.05, 0.1) is 6.61 Å². The fourth-order valence-corrected chi connectivity index (χ4v) is 1.99. The molecule has 1 heterocycles. The van der Waals surface area contributed by atoms with Crippen molar-refractivity contribution in [2.75, 3.05) is 6.61 Å². The highest BCUT2D eigenvalue weighted by molar-refractivity contribution is 5.31. The molecule has 0 saturated carbocycles. The first kappa shape index (κ1) is 10.2. The van der Waals surface area contributed by atoms with Gasteiger partial charge in [-0.2, -0.15) is 0 Å². The molecule has 0 spiro atoms. The van der Waals surface area contributed by atoms with Gasteiger partial charge in [-0.1, -0.05) is 49.1 Å². The Balaban J connectivity index is 2.21. The first-order chi connectivity index (χ1) is 7.20. The maximum Gasteiger partial charge on any atom is 0.104 e. The van der Waals surface area contributed by atoms with E-state index in [-0.39, 0.29) is 6.10 Å². The highest BCUT2D eigenvalue weighted by atomic mass is 16.5. The molecule has 15 heavy (non-hydrogen) atoms. The van der Waals surface area contributed by atoms with E-state index in [1.54, 1.807) is 0 Å². The summed E-state index contributed by atoms with van der Waals surface area (Å²) in [7, 11) is 0. The molecule has 1 aromatic carbocycles. The molecular formula is C14H16O. The molecule has 1 aliphatic heterocycles. The smallest absolute Gasteiger partial charge is 0.104 e. The first-order valence-corrected chi connectivity index (χ1v) is 5.21. The minimum atomic E-state index is 0.0490. The van der Waals surface area contributed by atoms with Crippen LogP contribution in [0, 0.1) is 5.92 Å². The molecule has 1 nitrogen and oxygen atoms in total. The van der Waals surface area contributed by atoms with E-state index >= 15 is 0 Å². The lowest BCUT2D eigenvalue weighted by Gasteiger charge is -2.13. The lowest BCUT2D eigenvalue weighted by molar-refractivity contribution is 0.119. The van der Waals surface area contributed by atoms with Crippen LogP contribution in [-0.4, -0.2) is 6.61 Å². The van der Waals surface area contributed by atoms with E-state index < -0.39 is 0 Å². The zero-order chi connectivity index (χ0) is 10.8. The summed E-state index contributed by atoms with van der Waals surface area (Å²) in [5.74, 6) is 0.315. The van der Waals surface area contributed by atoms with Crippen molar-refractivity contribution in [3.63, 3.8) is 0 Å². The van der Waals surface area contributed by atoms with Gasteiger partial charge in [0.2, 0.25) is 0 Å². The molecule has 1 aliphatic rings. The number of hydrogen-bond acceptors (Lipinski definition) is 1. The van der Waals surface area contributed by atoms with E-state index in [0.29, 0.717) is 12.5 Å². The average Bonchev–Trinajstić information content (AvgIpc) is 2.61. The molecule has 1 fully saturated rings.